The van der Waals surface area contributed by atoms with Crippen molar-refractivity contribution in [2.45, 2.75) is 25.3 Å². The van der Waals surface area contributed by atoms with Crippen LogP contribution in [0.15, 0.2) is 0 Å². The molecule has 1 aliphatic carbocycles. The molecule has 18 heavy (non-hydrogen) atoms. The van der Waals surface area contributed by atoms with Crippen molar-refractivity contribution in [3.63, 3.8) is 0 Å². The minimum absolute atomic E-state index is 0.186. The van der Waals surface area contributed by atoms with Crippen LogP contribution in [0.5, 0.6) is 0 Å². The van der Waals surface area contributed by atoms with Gasteiger partial charge in [0.05, 0.1) is 6.61 Å². The molecule has 1 saturated carbocycles. The molecule has 0 bridgehead atoms. The summed E-state index contributed by atoms with van der Waals surface area (Å²) in [6.07, 6.45) is 2.86. The molecule has 2 fully saturated rings. The highest BCUT2D eigenvalue weighted by Crippen LogP contribution is 2.26. The van der Waals surface area contributed by atoms with Crippen molar-refractivity contribution >= 4 is 5.91 Å². The smallest absolute Gasteiger partial charge is 0.225 e. The summed E-state index contributed by atoms with van der Waals surface area (Å²) in [5, 5.41) is 0. The maximum absolute atomic E-state index is 12.3. The molecule has 104 valence electrons. The highest BCUT2D eigenvalue weighted by molar-refractivity contribution is 5.79. The number of hydrogen-bond acceptors (Lipinski definition) is 4. The summed E-state index contributed by atoms with van der Waals surface area (Å²) in [5.41, 5.74) is 5.88. The fourth-order valence-electron chi connectivity index (χ4n) is 2.91. The normalized spacial score (nSPS) is 29.8. The maximum Gasteiger partial charge on any atom is 0.225 e. The van der Waals surface area contributed by atoms with Crippen LogP contribution in [0.2, 0.25) is 0 Å². The first-order valence-electron chi connectivity index (χ1n) is 6.96. The van der Waals surface area contributed by atoms with Gasteiger partial charge in [-0.1, -0.05) is 0 Å². The molecule has 0 aromatic rings. The van der Waals surface area contributed by atoms with E-state index in [-0.39, 0.29) is 12.0 Å². The SMILES string of the molecule is COCCN1CCN(C(=O)C2CCC(N)C2)CC1. The van der Waals surface area contributed by atoms with Crippen LogP contribution in [-0.4, -0.2) is 68.2 Å². The molecule has 2 atom stereocenters. The average Bonchev–Trinajstić information content (AvgIpc) is 2.83. The molecule has 1 aliphatic heterocycles. The topological polar surface area (TPSA) is 58.8 Å². The van der Waals surface area contributed by atoms with E-state index in [2.05, 4.69) is 4.90 Å². The molecule has 2 aliphatic rings. The second-order valence-electron chi connectivity index (χ2n) is 5.43. The van der Waals surface area contributed by atoms with Crippen molar-refractivity contribution in [1.82, 2.24) is 9.80 Å². The van der Waals surface area contributed by atoms with E-state index in [9.17, 15) is 4.79 Å². The Balaban J connectivity index is 1.73. The lowest BCUT2D eigenvalue weighted by Gasteiger charge is -2.35. The van der Waals surface area contributed by atoms with Gasteiger partial charge in [0.15, 0.2) is 0 Å². The Kier molecular flexibility index (Phi) is 4.97. The summed E-state index contributed by atoms with van der Waals surface area (Å²) in [7, 11) is 1.73. The zero-order valence-electron chi connectivity index (χ0n) is 11.3. The predicted octanol–water partition coefficient (Wildman–Crippen LogP) is -0.0956. The van der Waals surface area contributed by atoms with Gasteiger partial charge in [-0.05, 0) is 19.3 Å². The number of nitrogens with zero attached hydrogens (tertiary/aromatic N) is 2. The Morgan fingerprint density at radius 1 is 1.28 bits per heavy atom. The minimum atomic E-state index is 0.186. The van der Waals surface area contributed by atoms with Crippen molar-refractivity contribution in [1.29, 1.82) is 0 Å². The summed E-state index contributed by atoms with van der Waals surface area (Å²) in [6.45, 7) is 5.38. The zero-order chi connectivity index (χ0) is 13.0. The Hall–Kier alpha value is -0.650. The lowest BCUT2D eigenvalue weighted by molar-refractivity contribution is -0.137. The summed E-state index contributed by atoms with van der Waals surface area (Å²) in [6, 6.07) is 0.238. The molecule has 1 heterocycles. The van der Waals surface area contributed by atoms with Gasteiger partial charge >= 0.3 is 0 Å². The van der Waals surface area contributed by atoms with Crippen LogP contribution in [0, 0.1) is 5.92 Å². The fraction of sp³-hybridized carbons (Fsp3) is 0.923. The number of ether oxygens (including phenoxy) is 1. The molecule has 1 amide bonds. The maximum atomic E-state index is 12.3. The van der Waals surface area contributed by atoms with Gasteiger partial charge in [0.25, 0.3) is 0 Å². The first-order chi connectivity index (χ1) is 8.70. The highest BCUT2D eigenvalue weighted by Gasteiger charge is 2.32. The van der Waals surface area contributed by atoms with Crippen LogP contribution in [0.1, 0.15) is 19.3 Å². The van der Waals surface area contributed by atoms with E-state index in [4.69, 9.17) is 10.5 Å². The Labute approximate surface area is 109 Å². The van der Waals surface area contributed by atoms with E-state index in [0.717, 1.165) is 58.6 Å². The number of rotatable bonds is 4. The molecule has 1 saturated heterocycles. The van der Waals surface area contributed by atoms with Crippen LogP contribution < -0.4 is 5.73 Å². The van der Waals surface area contributed by atoms with Gasteiger partial charge in [0.1, 0.15) is 0 Å². The molecule has 0 aromatic carbocycles. The third kappa shape index (κ3) is 3.43. The first-order valence-corrected chi connectivity index (χ1v) is 6.96. The van der Waals surface area contributed by atoms with Gasteiger partial charge in [-0.25, -0.2) is 0 Å². The monoisotopic (exact) mass is 255 g/mol. The van der Waals surface area contributed by atoms with Crippen LogP contribution in [0.25, 0.3) is 0 Å². The van der Waals surface area contributed by atoms with Gasteiger partial charge in [0.2, 0.25) is 5.91 Å². The van der Waals surface area contributed by atoms with Crippen LogP contribution in [0.4, 0.5) is 0 Å². The first kappa shape index (κ1) is 13.8. The van der Waals surface area contributed by atoms with Crippen molar-refractivity contribution in [2.75, 3.05) is 46.4 Å². The Morgan fingerprint density at radius 2 is 2.00 bits per heavy atom. The number of methoxy groups -OCH3 is 1. The van der Waals surface area contributed by atoms with E-state index in [1.807, 2.05) is 4.90 Å². The second-order valence-corrected chi connectivity index (χ2v) is 5.43. The average molecular weight is 255 g/mol. The van der Waals surface area contributed by atoms with E-state index in [1.165, 1.54) is 0 Å². The number of nitrogens with two attached hydrogens (primary N) is 1. The third-order valence-corrected chi connectivity index (χ3v) is 4.12. The fourth-order valence-corrected chi connectivity index (χ4v) is 2.91. The Bertz CT molecular complexity index is 277. The van der Waals surface area contributed by atoms with Gasteiger partial charge in [-0.3, -0.25) is 9.69 Å². The van der Waals surface area contributed by atoms with E-state index in [0.29, 0.717) is 5.91 Å². The molecule has 2 N–H and O–H groups in total. The molecular formula is C13H25N3O2. The third-order valence-electron chi connectivity index (χ3n) is 4.12. The number of amides is 1. The van der Waals surface area contributed by atoms with Crippen LogP contribution >= 0.6 is 0 Å². The van der Waals surface area contributed by atoms with Gasteiger partial charge in [-0.15, -0.1) is 0 Å². The predicted molar refractivity (Wildman–Crippen MR) is 70.2 cm³/mol. The largest absolute Gasteiger partial charge is 0.383 e. The van der Waals surface area contributed by atoms with E-state index < -0.39 is 0 Å². The second kappa shape index (κ2) is 6.50. The van der Waals surface area contributed by atoms with Crippen molar-refractivity contribution in [3.8, 4) is 0 Å². The number of carbonyl (C=O) groups is 1. The molecular weight excluding hydrogens is 230 g/mol. The number of carbonyl (C=O) groups excluding carboxylic acids is 1. The van der Waals surface area contributed by atoms with E-state index >= 15 is 0 Å². The molecule has 0 aromatic heterocycles. The standard InChI is InChI=1S/C13H25N3O2/c1-18-9-8-15-4-6-16(7-5-15)13(17)11-2-3-12(14)10-11/h11-12H,2-10,14H2,1H3. The lowest BCUT2D eigenvalue weighted by Crippen LogP contribution is -2.50. The molecule has 0 spiro atoms. The van der Waals surface area contributed by atoms with Crippen molar-refractivity contribution < 1.29 is 9.53 Å². The minimum Gasteiger partial charge on any atom is -0.383 e. The summed E-state index contributed by atoms with van der Waals surface area (Å²) >= 11 is 0. The molecule has 0 radical (unpaired) electrons. The molecule has 5 nitrogen and oxygen atoms in total. The van der Waals surface area contributed by atoms with Crippen LogP contribution in [0.3, 0.4) is 0 Å². The summed E-state index contributed by atoms with van der Waals surface area (Å²) < 4.78 is 5.08. The highest BCUT2D eigenvalue weighted by atomic mass is 16.5. The van der Waals surface area contributed by atoms with Gasteiger partial charge < -0.3 is 15.4 Å². The summed E-state index contributed by atoms with van der Waals surface area (Å²) in [4.78, 5) is 16.7. The van der Waals surface area contributed by atoms with Crippen molar-refractivity contribution in [2.24, 2.45) is 11.7 Å². The number of piperazine rings is 1. The number of hydrogen-bond donors (Lipinski definition) is 1. The molecule has 2 unspecified atom stereocenters. The summed E-state index contributed by atoms with van der Waals surface area (Å²) in [5.74, 6) is 0.514. The van der Waals surface area contributed by atoms with Gasteiger partial charge in [0, 0.05) is 51.8 Å². The zero-order valence-corrected chi connectivity index (χ0v) is 11.3. The lowest BCUT2D eigenvalue weighted by atomic mass is 10.1. The van der Waals surface area contributed by atoms with Crippen LogP contribution in [-0.2, 0) is 9.53 Å². The molecule has 2 rings (SSSR count). The van der Waals surface area contributed by atoms with Gasteiger partial charge in [-0.2, -0.15) is 0 Å². The van der Waals surface area contributed by atoms with E-state index in [1.54, 1.807) is 7.11 Å². The molecule has 5 heteroatoms. The quantitative estimate of drug-likeness (QED) is 0.762. The van der Waals surface area contributed by atoms with Crippen molar-refractivity contribution in [3.05, 3.63) is 0 Å². The Morgan fingerprint density at radius 3 is 2.56 bits per heavy atom.